The van der Waals surface area contributed by atoms with E-state index in [0.29, 0.717) is 6.42 Å². The van der Waals surface area contributed by atoms with Crippen LogP contribution in [0.15, 0.2) is 0 Å². The Kier molecular flexibility index (Phi) is 3.89. The van der Waals surface area contributed by atoms with Crippen LogP contribution in [0.1, 0.15) is 47.5 Å². The van der Waals surface area contributed by atoms with Crippen molar-refractivity contribution in [3.63, 3.8) is 0 Å². The second-order valence-electron chi connectivity index (χ2n) is 6.11. The quantitative estimate of drug-likeness (QED) is 0.821. The summed E-state index contributed by atoms with van der Waals surface area (Å²) in [5.74, 6) is -0.754. The van der Waals surface area contributed by atoms with Gasteiger partial charge in [-0.25, -0.2) is 0 Å². The van der Waals surface area contributed by atoms with E-state index >= 15 is 0 Å². The highest BCUT2D eigenvalue weighted by Crippen LogP contribution is 2.40. The Balaban J connectivity index is 2.89. The number of hydrogen-bond acceptors (Lipinski definition) is 3. The Bertz CT molecular complexity index is 299. The highest BCUT2D eigenvalue weighted by atomic mass is 16.5. The highest BCUT2D eigenvalue weighted by Gasteiger charge is 2.49. The van der Waals surface area contributed by atoms with Gasteiger partial charge in [0.1, 0.15) is 6.04 Å². The fourth-order valence-electron chi connectivity index (χ4n) is 3.02. The SMILES string of the molecule is CCC(C(=O)O)N(C)C1CC(C)(C)OC1(C)C. The Hall–Kier alpha value is -0.610. The minimum atomic E-state index is -0.754. The first-order valence-corrected chi connectivity index (χ1v) is 6.25. The lowest BCUT2D eigenvalue weighted by Crippen LogP contribution is -2.51. The average Bonchev–Trinajstić information content (AvgIpc) is 2.34. The molecule has 1 N–H and O–H groups in total. The summed E-state index contributed by atoms with van der Waals surface area (Å²) in [4.78, 5) is 13.2. The lowest BCUT2D eigenvalue weighted by atomic mass is 9.92. The van der Waals surface area contributed by atoms with Gasteiger partial charge >= 0.3 is 5.97 Å². The summed E-state index contributed by atoms with van der Waals surface area (Å²) in [7, 11) is 1.89. The Morgan fingerprint density at radius 1 is 1.47 bits per heavy atom. The van der Waals surface area contributed by atoms with Crippen LogP contribution in [0.2, 0.25) is 0 Å². The van der Waals surface area contributed by atoms with Crippen molar-refractivity contribution >= 4 is 5.97 Å². The molecule has 1 fully saturated rings. The lowest BCUT2D eigenvalue weighted by molar-refractivity contribution is -0.145. The standard InChI is InChI=1S/C13H25NO3/c1-7-9(11(15)16)14(6)10-8-12(2,3)17-13(10,4)5/h9-10H,7-8H2,1-6H3,(H,15,16). The molecule has 4 nitrogen and oxygen atoms in total. The molecule has 1 aliphatic rings. The minimum Gasteiger partial charge on any atom is -0.480 e. The lowest BCUT2D eigenvalue weighted by Gasteiger charge is -2.36. The smallest absolute Gasteiger partial charge is 0.320 e. The predicted octanol–water partition coefficient (Wildman–Crippen LogP) is 2.13. The first-order valence-electron chi connectivity index (χ1n) is 6.25. The molecule has 1 saturated heterocycles. The van der Waals surface area contributed by atoms with E-state index < -0.39 is 12.0 Å². The molecule has 2 atom stereocenters. The van der Waals surface area contributed by atoms with E-state index in [1.807, 2.05) is 32.7 Å². The molecule has 0 amide bonds. The summed E-state index contributed by atoms with van der Waals surface area (Å²) in [6, 6.07) is -0.296. The van der Waals surface area contributed by atoms with Gasteiger partial charge in [-0.05, 0) is 47.6 Å². The predicted molar refractivity (Wildman–Crippen MR) is 67.1 cm³/mol. The molecule has 0 bridgehead atoms. The third-order valence-electron chi connectivity index (χ3n) is 3.68. The van der Waals surface area contributed by atoms with Crippen molar-refractivity contribution in [2.45, 2.75) is 70.7 Å². The number of carbonyl (C=O) groups is 1. The molecule has 0 aliphatic carbocycles. The summed E-state index contributed by atoms with van der Waals surface area (Å²) < 4.78 is 6.01. The molecule has 100 valence electrons. The van der Waals surface area contributed by atoms with Gasteiger partial charge in [0.2, 0.25) is 0 Å². The third kappa shape index (κ3) is 2.99. The van der Waals surface area contributed by atoms with Crippen molar-refractivity contribution in [2.75, 3.05) is 7.05 Å². The summed E-state index contributed by atoms with van der Waals surface area (Å²) in [6.07, 6.45) is 1.47. The van der Waals surface area contributed by atoms with Gasteiger partial charge in [-0.1, -0.05) is 6.92 Å². The van der Waals surface area contributed by atoms with Gasteiger partial charge < -0.3 is 9.84 Å². The van der Waals surface area contributed by atoms with Gasteiger partial charge in [-0.3, -0.25) is 9.69 Å². The van der Waals surface area contributed by atoms with Crippen LogP contribution in [-0.4, -0.2) is 46.3 Å². The van der Waals surface area contributed by atoms with E-state index in [4.69, 9.17) is 4.74 Å². The normalized spacial score (nSPS) is 28.3. The molecule has 0 aromatic carbocycles. The van der Waals surface area contributed by atoms with Crippen LogP contribution >= 0.6 is 0 Å². The number of nitrogens with zero attached hydrogens (tertiary/aromatic N) is 1. The van der Waals surface area contributed by atoms with Gasteiger partial charge in [0.25, 0.3) is 0 Å². The Labute approximate surface area is 104 Å². The topological polar surface area (TPSA) is 49.8 Å². The van der Waals surface area contributed by atoms with Crippen LogP contribution in [0.3, 0.4) is 0 Å². The number of hydrogen-bond donors (Lipinski definition) is 1. The van der Waals surface area contributed by atoms with E-state index in [0.717, 1.165) is 6.42 Å². The summed E-state index contributed by atoms with van der Waals surface area (Å²) in [5, 5.41) is 9.22. The fraction of sp³-hybridized carbons (Fsp3) is 0.923. The van der Waals surface area contributed by atoms with E-state index in [-0.39, 0.29) is 17.2 Å². The van der Waals surface area contributed by atoms with Crippen molar-refractivity contribution in [3.8, 4) is 0 Å². The van der Waals surface area contributed by atoms with Gasteiger partial charge in [0.15, 0.2) is 0 Å². The van der Waals surface area contributed by atoms with Crippen LogP contribution in [-0.2, 0) is 9.53 Å². The molecule has 1 heterocycles. The maximum absolute atomic E-state index is 11.2. The molecule has 17 heavy (non-hydrogen) atoms. The van der Waals surface area contributed by atoms with Gasteiger partial charge in [-0.15, -0.1) is 0 Å². The van der Waals surface area contributed by atoms with Gasteiger partial charge in [0.05, 0.1) is 11.2 Å². The zero-order valence-electron chi connectivity index (χ0n) is 11.8. The number of carboxylic acid groups (broad SMARTS) is 1. The van der Waals surface area contributed by atoms with Crippen molar-refractivity contribution in [2.24, 2.45) is 0 Å². The van der Waals surface area contributed by atoms with E-state index in [2.05, 4.69) is 13.8 Å². The fourth-order valence-corrected chi connectivity index (χ4v) is 3.02. The second kappa shape index (κ2) is 4.58. The molecule has 0 aromatic heterocycles. The first kappa shape index (κ1) is 14.5. The molecule has 0 saturated carbocycles. The Morgan fingerprint density at radius 2 is 2.00 bits per heavy atom. The molecule has 4 heteroatoms. The monoisotopic (exact) mass is 243 g/mol. The molecule has 2 unspecified atom stereocenters. The maximum Gasteiger partial charge on any atom is 0.320 e. The van der Waals surface area contributed by atoms with Crippen LogP contribution in [0.4, 0.5) is 0 Å². The second-order valence-corrected chi connectivity index (χ2v) is 6.11. The number of likely N-dealkylation sites (N-methyl/N-ethyl adjacent to an activating group) is 1. The van der Waals surface area contributed by atoms with Crippen LogP contribution in [0.5, 0.6) is 0 Å². The van der Waals surface area contributed by atoms with Crippen LogP contribution < -0.4 is 0 Å². The molecule has 0 spiro atoms. The van der Waals surface area contributed by atoms with E-state index in [1.165, 1.54) is 0 Å². The van der Waals surface area contributed by atoms with Crippen LogP contribution in [0, 0.1) is 0 Å². The molecule has 0 aromatic rings. The zero-order valence-corrected chi connectivity index (χ0v) is 11.8. The van der Waals surface area contributed by atoms with Gasteiger partial charge in [0, 0.05) is 6.04 Å². The zero-order chi connectivity index (χ0) is 13.4. The van der Waals surface area contributed by atoms with E-state index in [9.17, 15) is 9.90 Å². The molecule has 0 radical (unpaired) electrons. The molecular weight excluding hydrogens is 218 g/mol. The Morgan fingerprint density at radius 3 is 2.29 bits per heavy atom. The third-order valence-corrected chi connectivity index (χ3v) is 3.68. The largest absolute Gasteiger partial charge is 0.480 e. The van der Waals surface area contributed by atoms with E-state index in [1.54, 1.807) is 0 Å². The van der Waals surface area contributed by atoms with Crippen molar-refractivity contribution in [1.29, 1.82) is 0 Å². The van der Waals surface area contributed by atoms with Crippen molar-refractivity contribution in [1.82, 2.24) is 4.90 Å². The highest BCUT2D eigenvalue weighted by molar-refractivity contribution is 5.73. The first-order chi connectivity index (χ1) is 7.60. The number of ether oxygens (including phenoxy) is 1. The number of aliphatic carboxylic acids is 1. The van der Waals surface area contributed by atoms with Gasteiger partial charge in [-0.2, -0.15) is 0 Å². The number of rotatable bonds is 4. The minimum absolute atomic E-state index is 0.138. The summed E-state index contributed by atoms with van der Waals surface area (Å²) in [5.41, 5.74) is -0.486. The van der Waals surface area contributed by atoms with Crippen molar-refractivity contribution in [3.05, 3.63) is 0 Å². The molecular formula is C13H25NO3. The summed E-state index contributed by atoms with van der Waals surface area (Å²) >= 11 is 0. The van der Waals surface area contributed by atoms with Crippen LogP contribution in [0.25, 0.3) is 0 Å². The summed E-state index contributed by atoms with van der Waals surface area (Å²) in [6.45, 7) is 10.1. The maximum atomic E-state index is 11.2. The van der Waals surface area contributed by atoms with Crippen molar-refractivity contribution < 1.29 is 14.6 Å². The molecule has 1 rings (SSSR count). The molecule has 1 aliphatic heterocycles. The average molecular weight is 243 g/mol. The number of carboxylic acids is 1.